The summed E-state index contributed by atoms with van der Waals surface area (Å²) in [5, 5.41) is 17.9. The Hall–Kier alpha value is -1.24. The highest BCUT2D eigenvalue weighted by molar-refractivity contribution is 7.13. The average molecular weight is 268 g/mol. The third kappa shape index (κ3) is 3.62. The second kappa shape index (κ2) is 5.90. The van der Waals surface area contributed by atoms with E-state index in [2.05, 4.69) is 16.8 Å². The molecule has 0 aromatic carbocycles. The summed E-state index contributed by atoms with van der Waals surface area (Å²) in [5.74, 6) is 0. The van der Waals surface area contributed by atoms with Gasteiger partial charge >= 0.3 is 5.00 Å². The van der Waals surface area contributed by atoms with Crippen LogP contribution in [0.2, 0.25) is 0 Å². The molecule has 0 aliphatic rings. The molecule has 6 heteroatoms. The Labute approximate surface area is 107 Å². The number of nitro groups is 1. The summed E-state index contributed by atoms with van der Waals surface area (Å²) >= 11 is 2.93. The van der Waals surface area contributed by atoms with Gasteiger partial charge < -0.3 is 5.32 Å². The molecule has 1 N–H and O–H groups in total. The van der Waals surface area contributed by atoms with E-state index in [1.165, 1.54) is 16.2 Å². The third-order valence-electron chi connectivity index (χ3n) is 2.28. The van der Waals surface area contributed by atoms with E-state index in [1.807, 2.05) is 11.4 Å². The molecular formula is C11H12N2O2S2. The van der Waals surface area contributed by atoms with E-state index in [0.717, 1.165) is 18.5 Å². The first-order chi connectivity index (χ1) is 8.25. The zero-order chi connectivity index (χ0) is 12.1. The number of nitrogens with one attached hydrogen (secondary N) is 1. The van der Waals surface area contributed by atoms with Gasteiger partial charge in [0.2, 0.25) is 0 Å². The van der Waals surface area contributed by atoms with Gasteiger partial charge in [0, 0.05) is 29.4 Å². The molecule has 0 fully saturated rings. The summed E-state index contributed by atoms with van der Waals surface area (Å²) in [6.07, 6.45) is 1.00. The summed E-state index contributed by atoms with van der Waals surface area (Å²) in [5.41, 5.74) is 0.980. The van der Waals surface area contributed by atoms with Crippen LogP contribution < -0.4 is 5.32 Å². The molecule has 4 nitrogen and oxygen atoms in total. The van der Waals surface area contributed by atoms with Gasteiger partial charge in [-0.05, 0) is 23.4 Å². The fourth-order valence-corrected chi connectivity index (χ4v) is 2.89. The molecule has 0 saturated heterocycles. The van der Waals surface area contributed by atoms with Gasteiger partial charge in [-0.2, -0.15) is 0 Å². The standard InChI is InChI=1S/C11H12N2O2S2/c14-13(15)11-6-9(8-17-11)7-12-4-3-10-2-1-5-16-10/h1-2,5-6,8,12H,3-4,7H2. The van der Waals surface area contributed by atoms with Crippen LogP contribution in [0.25, 0.3) is 0 Å². The maximum absolute atomic E-state index is 10.5. The van der Waals surface area contributed by atoms with Crippen LogP contribution in [-0.4, -0.2) is 11.5 Å². The topological polar surface area (TPSA) is 55.2 Å². The molecule has 0 spiro atoms. The van der Waals surface area contributed by atoms with E-state index in [1.54, 1.807) is 17.4 Å². The molecule has 0 aliphatic carbocycles. The van der Waals surface area contributed by atoms with Crippen LogP contribution in [0, 0.1) is 10.1 Å². The van der Waals surface area contributed by atoms with Crippen LogP contribution >= 0.6 is 22.7 Å². The summed E-state index contributed by atoms with van der Waals surface area (Å²) in [6, 6.07) is 5.78. The highest BCUT2D eigenvalue weighted by Gasteiger charge is 2.08. The van der Waals surface area contributed by atoms with E-state index >= 15 is 0 Å². The van der Waals surface area contributed by atoms with Crippen LogP contribution in [0.5, 0.6) is 0 Å². The molecule has 17 heavy (non-hydrogen) atoms. The number of hydrogen-bond donors (Lipinski definition) is 1. The minimum absolute atomic E-state index is 0.208. The molecule has 2 aromatic heterocycles. The molecule has 0 saturated carbocycles. The number of nitrogens with zero attached hydrogens (tertiary/aromatic N) is 1. The monoisotopic (exact) mass is 268 g/mol. The van der Waals surface area contributed by atoms with Gasteiger partial charge in [-0.1, -0.05) is 17.4 Å². The molecule has 0 amide bonds. The Balaban J connectivity index is 1.72. The van der Waals surface area contributed by atoms with Gasteiger partial charge in [-0.3, -0.25) is 10.1 Å². The van der Waals surface area contributed by atoms with Crippen molar-refractivity contribution in [2.24, 2.45) is 0 Å². The maximum atomic E-state index is 10.5. The highest BCUT2D eigenvalue weighted by Crippen LogP contribution is 2.22. The van der Waals surface area contributed by atoms with E-state index in [-0.39, 0.29) is 9.92 Å². The Morgan fingerprint density at radius 1 is 1.41 bits per heavy atom. The molecule has 2 aromatic rings. The first-order valence-corrected chi connectivity index (χ1v) is 6.96. The SMILES string of the molecule is O=[N+]([O-])c1cc(CNCCc2cccs2)cs1. The zero-order valence-corrected chi connectivity index (χ0v) is 10.7. The summed E-state index contributed by atoms with van der Waals surface area (Å²) in [4.78, 5) is 11.5. The number of thiophene rings is 2. The summed E-state index contributed by atoms with van der Waals surface area (Å²) in [6.45, 7) is 1.58. The Bertz CT molecular complexity index is 479. The molecule has 2 rings (SSSR count). The zero-order valence-electron chi connectivity index (χ0n) is 9.09. The highest BCUT2D eigenvalue weighted by atomic mass is 32.1. The normalized spacial score (nSPS) is 10.6. The van der Waals surface area contributed by atoms with Gasteiger partial charge in [-0.15, -0.1) is 11.3 Å². The van der Waals surface area contributed by atoms with Crippen molar-refractivity contribution in [3.63, 3.8) is 0 Å². The lowest BCUT2D eigenvalue weighted by atomic mass is 10.3. The molecule has 0 unspecified atom stereocenters. The molecule has 2 heterocycles. The summed E-state index contributed by atoms with van der Waals surface area (Å²) < 4.78 is 0. The Morgan fingerprint density at radius 3 is 2.94 bits per heavy atom. The molecule has 0 radical (unpaired) electrons. The fraction of sp³-hybridized carbons (Fsp3) is 0.273. The van der Waals surface area contributed by atoms with Crippen LogP contribution in [0.3, 0.4) is 0 Å². The lowest BCUT2D eigenvalue weighted by Crippen LogP contribution is -2.15. The first kappa shape index (κ1) is 12.2. The average Bonchev–Trinajstić information content (AvgIpc) is 2.96. The van der Waals surface area contributed by atoms with Crippen molar-refractivity contribution in [2.45, 2.75) is 13.0 Å². The molecule has 0 atom stereocenters. The lowest BCUT2D eigenvalue weighted by Gasteiger charge is -2.00. The summed E-state index contributed by atoms with van der Waals surface area (Å²) in [7, 11) is 0. The maximum Gasteiger partial charge on any atom is 0.324 e. The van der Waals surface area contributed by atoms with Crippen molar-refractivity contribution >= 4 is 27.7 Å². The predicted molar refractivity (Wildman–Crippen MR) is 70.7 cm³/mol. The van der Waals surface area contributed by atoms with Crippen molar-refractivity contribution in [1.29, 1.82) is 0 Å². The smallest absolute Gasteiger partial charge is 0.312 e. The number of rotatable bonds is 6. The van der Waals surface area contributed by atoms with E-state index in [4.69, 9.17) is 0 Å². The van der Waals surface area contributed by atoms with E-state index < -0.39 is 0 Å². The molecule has 0 aliphatic heterocycles. The molecule has 90 valence electrons. The van der Waals surface area contributed by atoms with E-state index in [0.29, 0.717) is 6.54 Å². The first-order valence-electron chi connectivity index (χ1n) is 5.20. The minimum atomic E-state index is -0.347. The fourth-order valence-electron chi connectivity index (χ4n) is 1.45. The second-order valence-corrected chi connectivity index (χ2v) is 5.48. The van der Waals surface area contributed by atoms with Crippen molar-refractivity contribution in [2.75, 3.05) is 6.54 Å². The van der Waals surface area contributed by atoms with Crippen molar-refractivity contribution in [3.05, 3.63) is 49.5 Å². The van der Waals surface area contributed by atoms with Crippen LogP contribution in [0.4, 0.5) is 5.00 Å². The Kier molecular flexibility index (Phi) is 4.24. The molecule has 0 bridgehead atoms. The van der Waals surface area contributed by atoms with E-state index in [9.17, 15) is 10.1 Å². The van der Waals surface area contributed by atoms with Crippen LogP contribution in [0.1, 0.15) is 10.4 Å². The minimum Gasteiger partial charge on any atom is -0.312 e. The van der Waals surface area contributed by atoms with Crippen molar-refractivity contribution in [1.82, 2.24) is 5.32 Å². The second-order valence-electron chi connectivity index (χ2n) is 3.56. The van der Waals surface area contributed by atoms with Crippen molar-refractivity contribution < 1.29 is 4.92 Å². The predicted octanol–water partition coefficient (Wildman–Crippen LogP) is 3.05. The molecular weight excluding hydrogens is 256 g/mol. The lowest BCUT2D eigenvalue weighted by molar-refractivity contribution is -0.380. The largest absolute Gasteiger partial charge is 0.324 e. The number of hydrogen-bond acceptors (Lipinski definition) is 5. The quantitative estimate of drug-likeness (QED) is 0.497. The van der Waals surface area contributed by atoms with Gasteiger partial charge in [0.05, 0.1) is 4.92 Å². The van der Waals surface area contributed by atoms with Gasteiger partial charge in [0.25, 0.3) is 0 Å². The van der Waals surface area contributed by atoms with Crippen molar-refractivity contribution in [3.8, 4) is 0 Å². The van der Waals surface area contributed by atoms with Gasteiger partial charge in [0.1, 0.15) is 0 Å². The van der Waals surface area contributed by atoms with Gasteiger partial charge in [-0.25, -0.2) is 0 Å². The Morgan fingerprint density at radius 2 is 2.29 bits per heavy atom. The van der Waals surface area contributed by atoms with Crippen LogP contribution in [-0.2, 0) is 13.0 Å². The third-order valence-corrected chi connectivity index (χ3v) is 4.14. The van der Waals surface area contributed by atoms with Gasteiger partial charge in [0.15, 0.2) is 0 Å². The van der Waals surface area contributed by atoms with Crippen LogP contribution in [0.15, 0.2) is 29.0 Å².